The SMILES string of the molecule is CC1(C)c2[nH]c3cc(Br)ccc3c2C(=O)c2cc(Br)c(OCCCO)c(Br)c21. The summed E-state index contributed by atoms with van der Waals surface area (Å²) in [6.45, 7) is 4.68. The predicted molar refractivity (Wildman–Crippen MR) is 121 cm³/mol. The number of hydrogen-bond donors (Lipinski definition) is 2. The van der Waals surface area contributed by atoms with Crippen molar-refractivity contribution in [3.8, 4) is 5.75 Å². The molecule has 4 rings (SSSR count). The quantitative estimate of drug-likeness (QED) is 0.373. The Labute approximate surface area is 188 Å². The van der Waals surface area contributed by atoms with Gasteiger partial charge in [-0.05, 0) is 55.6 Å². The van der Waals surface area contributed by atoms with Gasteiger partial charge in [0.2, 0.25) is 0 Å². The minimum Gasteiger partial charge on any atom is -0.491 e. The van der Waals surface area contributed by atoms with E-state index < -0.39 is 5.41 Å². The lowest BCUT2D eigenvalue weighted by Gasteiger charge is -2.34. The van der Waals surface area contributed by atoms with E-state index in [1.165, 1.54) is 0 Å². The van der Waals surface area contributed by atoms with Crippen LogP contribution in [0.4, 0.5) is 0 Å². The highest BCUT2D eigenvalue weighted by atomic mass is 79.9. The summed E-state index contributed by atoms with van der Waals surface area (Å²) in [6, 6.07) is 7.77. The molecule has 2 N–H and O–H groups in total. The lowest BCUT2D eigenvalue weighted by Crippen LogP contribution is -2.31. The smallest absolute Gasteiger partial charge is 0.195 e. The molecule has 0 spiro atoms. The number of carbonyl (C=O) groups excluding carboxylic acids is 1. The van der Waals surface area contributed by atoms with Gasteiger partial charge in [0, 0.05) is 45.1 Å². The predicted octanol–water partition coefficient (Wildman–Crippen LogP) is 6.09. The molecule has 4 nitrogen and oxygen atoms in total. The number of halogens is 3. The summed E-state index contributed by atoms with van der Waals surface area (Å²) in [5.41, 5.74) is 3.70. The van der Waals surface area contributed by atoms with E-state index in [0.717, 1.165) is 36.7 Å². The van der Waals surface area contributed by atoms with Crippen molar-refractivity contribution in [1.29, 1.82) is 0 Å². The van der Waals surface area contributed by atoms with Crippen molar-refractivity contribution in [3.05, 3.63) is 60.1 Å². The third-order valence-electron chi connectivity index (χ3n) is 5.21. The molecule has 146 valence electrons. The van der Waals surface area contributed by atoms with E-state index in [1.807, 2.05) is 24.3 Å². The van der Waals surface area contributed by atoms with Crippen LogP contribution in [0.15, 0.2) is 37.7 Å². The largest absolute Gasteiger partial charge is 0.491 e. The van der Waals surface area contributed by atoms with E-state index >= 15 is 0 Å². The molecule has 0 saturated carbocycles. The van der Waals surface area contributed by atoms with Gasteiger partial charge in [-0.15, -0.1) is 0 Å². The first-order valence-corrected chi connectivity index (χ1v) is 11.3. The van der Waals surface area contributed by atoms with Gasteiger partial charge in [-0.25, -0.2) is 0 Å². The van der Waals surface area contributed by atoms with Gasteiger partial charge in [0.15, 0.2) is 5.78 Å². The lowest BCUT2D eigenvalue weighted by atomic mass is 9.71. The number of aromatic amines is 1. The molecule has 1 aliphatic rings. The zero-order valence-electron chi connectivity index (χ0n) is 15.3. The van der Waals surface area contributed by atoms with Gasteiger partial charge in [-0.1, -0.05) is 35.8 Å². The number of aliphatic hydroxyl groups is 1. The number of carbonyl (C=O) groups is 1. The van der Waals surface area contributed by atoms with Crippen LogP contribution in [0.2, 0.25) is 0 Å². The van der Waals surface area contributed by atoms with E-state index in [2.05, 4.69) is 66.6 Å². The van der Waals surface area contributed by atoms with Gasteiger partial charge in [-0.3, -0.25) is 4.79 Å². The lowest BCUT2D eigenvalue weighted by molar-refractivity contribution is 0.103. The van der Waals surface area contributed by atoms with Crippen LogP contribution >= 0.6 is 47.8 Å². The van der Waals surface area contributed by atoms with E-state index in [0.29, 0.717) is 28.8 Å². The summed E-state index contributed by atoms with van der Waals surface area (Å²) >= 11 is 10.7. The van der Waals surface area contributed by atoms with E-state index in [4.69, 9.17) is 9.84 Å². The first-order chi connectivity index (χ1) is 13.3. The summed E-state index contributed by atoms with van der Waals surface area (Å²) in [7, 11) is 0. The van der Waals surface area contributed by atoms with Crippen molar-refractivity contribution in [3.63, 3.8) is 0 Å². The maximum absolute atomic E-state index is 13.5. The number of rotatable bonds is 4. The number of aromatic nitrogens is 1. The molecule has 28 heavy (non-hydrogen) atoms. The van der Waals surface area contributed by atoms with Crippen molar-refractivity contribution >= 4 is 64.5 Å². The molecule has 0 amide bonds. The summed E-state index contributed by atoms with van der Waals surface area (Å²) in [6.07, 6.45) is 0.541. The normalized spacial score (nSPS) is 14.9. The zero-order valence-corrected chi connectivity index (χ0v) is 20.1. The minimum atomic E-state index is -0.432. The molecule has 0 radical (unpaired) electrons. The second-order valence-electron chi connectivity index (χ2n) is 7.37. The van der Waals surface area contributed by atoms with E-state index in [-0.39, 0.29) is 12.4 Å². The Morgan fingerprint density at radius 1 is 1.18 bits per heavy atom. The molecular formula is C21H18Br3NO3. The van der Waals surface area contributed by atoms with Crippen LogP contribution in [0.25, 0.3) is 10.9 Å². The summed E-state index contributed by atoms with van der Waals surface area (Å²) < 4.78 is 8.32. The summed E-state index contributed by atoms with van der Waals surface area (Å²) in [4.78, 5) is 17.0. The van der Waals surface area contributed by atoms with Crippen molar-refractivity contribution in [1.82, 2.24) is 4.98 Å². The molecule has 0 aliphatic heterocycles. The number of ketones is 1. The molecule has 1 heterocycles. The maximum atomic E-state index is 13.5. The summed E-state index contributed by atoms with van der Waals surface area (Å²) in [5, 5.41) is 9.96. The highest BCUT2D eigenvalue weighted by Gasteiger charge is 2.42. The Kier molecular flexibility index (Phi) is 5.23. The van der Waals surface area contributed by atoms with Crippen molar-refractivity contribution in [2.45, 2.75) is 25.7 Å². The van der Waals surface area contributed by atoms with Gasteiger partial charge in [0.05, 0.1) is 21.1 Å². The number of H-pyrrole nitrogens is 1. The molecule has 1 aromatic heterocycles. The first-order valence-electron chi connectivity index (χ1n) is 8.90. The molecule has 0 fully saturated rings. The number of ether oxygens (including phenoxy) is 1. The van der Waals surface area contributed by atoms with Crippen LogP contribution in [-0.4, -0.2) is 29.1 Å². The monoisotopic (exact) mass is 569 g/mol. The average molecular weight is 572 g/mol. The van der Waals surface area contributed by atoms with E-state index in [9.17, 15) is 4.79 Å². The Hall–Kier alpha value is -1.15. The third kappa shape index (κ3) is 2.98. The Balaban J connectivity index is 1.95. The van der Waals surface area contributed by atoms with Gasteiger partial charge < -0.3 is 14.8 Å². The number of hydrogen-bond acceptors (Lipinski definition) is 3. The number of fused-ring (bicyclic) bond motifs is 4. The fraction of sp³-hybridized carbons (Fsp3) is 0.286. The fourth-order valence-corrected chi connectivity index (χ4v) is 6.10. The van der Waals surface area contributed by atoms with Crippen molar-refractivity contribution < 1.29 is 14.6 Å². The standard InChI is InChI=1S/C21H18Br3NO3/c1-21(2)16-12(9-13(23)19(17(16)24)28-7-3-6-26)18(27)15-11-5-4-10(22)8-14(11)25-20(15)21/h4-5,8-9,25-26H,3,6-7H2,1-2H3. The molecule has 7 heteroatoms. The molecule has 0 saturated heterocycles. The Morgan fingerprint density at radius 2 is 1.93 bits per heavy atom. The molecule has 2 aromatic carbocycles. The highest BCUT2D eigenvalue weighted by molar-refractivity contribution is 9.11. The molecule has 0 atom stereocenters. The van der Waals surface area contributed by atoms with Crippen LogP contribution in [-0.2, 0) is 5.41 Å². The van der Waals surface area contributed by atoms with Crippen LogP contribution in [0.5, 0.6) is 5.75 Å². The second-order valence-corrected chi connectivity index (χ2v) is 9.93. The summed E-state index contributed by atoms with van der Waals surface area (Å²) in [5.74, 6) is 0.650. The highest BCUT2D eigenvalue weighted by Crippen LogP contribution is 2.50. The van der Waals surface area contributed by atoms with Crippen LogP contribution in [0.1, 0.15) is 47.4 Å². The van der Waals surface area contributed by atoms with Gasteiger partial charge in [0.25, 0.3) is 0 Å². The topological polar surface area (TPSA) is 62.3 Å². The van der Waals surface area contributed by atoms with Crippen molar-refractivity contribution in [2.75, 3.05) is 13.2 Å². The molecule has 0 bridgehead atoms. The van der Waals surface area contributed by atoms with Gasteiger partial charge in [-0.2, -0.15) is 0 Å². The number of aliphatic hydroxyl groups excluding tert-OH is 1. The molecule has 1 aliphatic carbocycles. The zero-order chi connectivity index (χ0) is 20.2. The molecular weight excluding hydrogens is 554 g/mol. The van der Waals surface area contributed by atoms with Gasteiger partial charge >= 0.3 is 0 Å². The van der Waals surface area contributed by atoms with E-state index in [1.54, 1.807) is 0 Å². The first kappa shape index (κ1) is 20.1. The molecule has 0 unspecified atom stereocenters. The number of benzene rings is 2. The second kappa shape index (κ2) is 7.27. The Bertz CT molecular complexity index is 1120. The minimum absolute atomic E-state index is 0.00112. The van der Waals surface area contributed by atoms with Gasteiger partial charge in [0.1, 0.15) is 5.75 Å². The van der Waals surface area contributed by atoms with Crippen LogP contribution in [0.3, 0.4) is 0 Å². The number of nitrogens with one attached hydrogen (secondary N) is 1. The van der Waals surface area contributed by atoms with Crippen molar-refractivity contribution in [2.24, 2.45) is 0 Å². The van der Waals surface area contributed by atoms with Crippen LogP contribution in [0, 0.1) is 0 Å². The molecule has 3 aromatic rings. The third-order valence-corrected chi connectivity index (χ3v) is 7.05. The average Bonchev–Trinajstić information content (AvgIpc) is 3.02. The Morgan fingerprint density at radius 3 is 2.64 bits per heavy atom. The fourth-order valence-electron chi connectivity index (χ4n) is 3.90. The van der Waals surface area contributed by atoms with Crippen LogP contribution < -0.4 is 4.74 Å². The maximum Gasteiger partial charge on any atom is 0.195 e.